The minimum Gasteiger partial charge on any atom is -0.480 e. The first-order valence-electron chi connectivity index (χ1n) is 6.11. The van der Waals surface area contributed by atoms with Gasteiger partial charge in [0.1, 0.15) is 12.2 Å². The number of nitrogens with two attached hydrogens (primary N) is 1. The molecule has 0 saturated heterocycles. The van der Waals surface area contributed by atoms with Gasteiger partial charge in [-0.15, -0.1) is 5.10 Å². The molecule has 21 heavy (non-hydrogen) atoms. The van der Waals surface area contributed by atoms with E-state index in [1.54, 1.807) is 12.1 Å². The fourth-order valence-corrected chi connectivity index (χ4v) is 1.59. The smallest absolute Gasteiger partial charge is 0.325 e. The molecular weight excluding hydrogens is 276 g/mol. The number of carbonyl (C=O) groups excluding carboxylic acids is 1. The van der Waals surface area contributed by atoms with E-state index in [0.29, 0.717) is 17.1 Å². The van der Waals surface area contributed by atoms with Gasteiger partial charge in [-0.25, -0.2) is 4.68 Å². The molecule has 110 valence electrons. The molecule has 0 aromatic carbocycles. The first-order valence-corrected chi connectivity index (χ1v) is 6.11. The number of nitrogens with zero attached hydrogens (tertiary/aromatic N) is 4. The summed E-state index contributed by atoms with van der Waals surface area (Å²) in [6.45, 7) is -0.0935. The Morgan fingerprint density at radius 1 is 1.33 bits per heavy atom. The molecule has 1 amide bonds. The lowest BCUT2D eigenvalue weighted by atomic mass is 10.2. The van der Waals surface area contributed by atoms with E-state index in [2.05, 4.69) is 20.6 Å². The molecule has 0 spiro atoms. The maximum absolute atomic E-state index is 11.7. The molecule has 0 saturated carbocycles. The molecule has 2 heterocycles. The summed E-state index contributed by atoms with van der Waals surface area (Å²) < 4.78 is 1.19. The average Bonchev–Trinajstić information content (AvgIpc) is 2.86. The third-order valence-electron chi connectivity index (χ3n) is 2.54. The van der Waals surface area contributed by atoms with Gasteiger partial charge in [0.2, 0.25) is 5.91 Å². The van der Waals surface area contributed by atoms with Crippen LogP contribution < -0.4 is 11.1 Å². The number of carboxylic acids is 1. The predicted molar refractivity (Wildman–Crippen MR) is 71.9 cm³/mol. The van der Waals surface area contributed by atoms with Crippen LogP contribution in [-0.4, -0.2) is 37.0 Å². The van der Waals surface area contributed by atoms with E-state index in [0.717, 1.165) is 0 Å². The van der Waals surface area contributed by atoms with Crippen LogP contribution in [0.25, 0.3) is 0 Å². The topological polar surface area (TPSA) is 136 Å². The lowest BCUT2D eigenvalue weighted by Gasteiger charge is -2.03. The number of nitrogen functional groups attached to an aromatic ring is 1. The Hall–Kier alpha value is -2.97. The second-order valence-electron chi connectivity index (χ2n) is 4.34. The highest BCUT2D eigenvalue weighted by atomic mass is 16.4. The largest absolute Gasteiger partial charge is 0.480 e. The molecule has 2 aromatic heterocycles. The Balaban J connectivity index is 1.82. The second-order valence-corrected chi connectivity index (χ2v) is 4.34. The van der Waals surface area contributed by atoms with Crippen LogP contribution in [0.1, 0.15) is 11.4 Å². The second kappa shape index (κ2) is 6.46. The summed E-state index contributed by atoms with van der Waals surface area (Å²) in [7, 11) is 0. The van der Waals surface area contributed by atoms with Gasteiger partial charge in [-0.3, -0.25) is 14.6 Å². The molecule has 0 fully saturated rings. The minimum atomic E-state index is -1.01. The standard InChI is InChI=1S/C12H14N6O3/c13-8-1-2-9(14-4-8)3-11(19)15-5-10-6-18(17-16-10)7-12(20)21/h1-2,4,6H,3,5,7,13H2,(H,15,19)(H,20,21). The average molecular weight is 290 g/mol. The van der Waals surface area contributed by atoms with Gasteiger partial charge < -0.3 is 16.2 Å². The molecule has 0 aliphatic rings. The van der Waals surface area contributed by atoms with Crippen molar-refractivity contribution in [1.82, 2.24) is 25.3 Å². The number of hydrogen-bond acceptors (Lipinski definition) is 6. The summed E-state index contributed by atoms with van der Waals surface area (Å²) in [6, 6.07) is 3.35. The van der Waals surface area contributed by atoms with Gasteiger partial charge in [0, 0.05) is 5.69 Å². The van der Waals surface area contributed by atoms with Crippen LogP contribution in [-0.2, 0) is 29.1 Å². The summed E-state index contributed by atoms with van der Waals surface area (Å²) in [5, 5.41) is 18.7. The van der Waals surface area contributed by atoms with Crippen LogP contribution in [0.15, 0.2) is 24.5 Å². The summed E-state index contributed by atoms with van der Waals surface area (Å²) >= 11 is 0. The van der Waals surface area contributed by atoms with E-state index < -0.39 is 5.97 Å². The lowest BCUT2D eigenvalue weighted by Crippen LogP contribution is -2.25. The first kappa shape index (κ1) is 14.4. The molecule has 0 aliphatic carbocycles. The number of rotatable bonds is 6. The number of carbonyl (C=O) groups is 2. The quantitative estimate of drug-likeness (QED) is 0.633. The van der Waals surface area contributed by atoms with Gasteiger partial charge in [-0.2, -0.15) is 0 Å². The number of hydrogen-bond donors (Lipinski definition) is 3. The lowest BCUT2D eigenvalue weighted by molar-refractivity contribution is -0.138. The zero-order valence-corrected chi connectivity index (χ0v) is 11.1. The van der Waals surface area contributed by atoms with Crippen molar-refractivity contribution in [2.45, 2.75) is 19.5 Å². The molecule has 0 unspecified atom stereocenters. The van der Waals surface area contributed by atoms with Crippen molar-refractivity contribution in [2.75, 3.05) is 5.73 Å². The first-order chi connectivity index (χ1) is 10.0. The molecule has 0 atom stereocenters. The normalized spacial score (nSPS) is 10.3. The molecule has 9 nitrogen and oxygen atoms in total. The van der Waals surface area contributed by atoms with Crippen molar-refractivity contribution in [3.05, 3.63) is 35.9 Å². The number of carboxylic acid groups (broad SMARTS) is 1. The highest BCUT2D eigenvalue weighted by molar-refractivity contribution is 5.78. The number of aliphatic carboxylic acids is 1. The number of pyridine rings is 1. The van der Waals surface area contributed by atoms with Crippen molar-refractivity contribution < 1.29 is 14.7 Å². The number of aromatic nitrogens is 4. The van der Waals surface area contributed by atoms with E-state index in [1.165, 1.54) is 17.1 Å². The predicted octanol–water partition coefficient (Wildman–Crippen LogP) is -0.801. The van der Waals surface area contributed by atoms with Gasteiger partial charge in [0.05, 0.1) is 31.0 Å². The number of anilines is 1. The number of nitrogens with one attached hydrogen (secondary N) is 1. The fraction of sp³-hybridized carbons (Fsp3) is 0.250. The summed E-state index contributed by atoms with van der Waals surface area (Å²) in [6.07, 6.45) is 3.08. The third kappa shape index (κ3) is 4.56. The highest BCUT2D eigenvalue weighted by Crippen LogP contribution is 2.02. The molecule has 0 radical (unpaired) electrons. The Morgan fingerprint density at radius 2 is 2.14 bits per heavy atom. The molecule has 9 heteroatoms. The fourth-order valence-electron chi connectivity index (χ4n) is 1.59. The van der Waals surface area contributed by atoms with Crippen LogP contribution in [0, 0.1) is 0 Å². The maximum atomic E-state index is 11.7. The van der Waals surface area contributed by atoms with E-state index >= 15 is 0 Å². The molecule has 4 N–H and O–H groups in total. The van der Waals surface area contributed by atoms with Gasteiger partial charge >= 0.3 is 5.97 Å². The maximum Gasteiger partial charge on any atom is 0.325 e. The van der Waals surface area contributed by atoms with E-state index in [4.69, 9.17) is 10.8 Å². The monoisotopic (exact) mass is 290 g/mol. The van der Waals surface area contributed by atoms with Gasteiger partial charge in [-0.05, 0) is 12.1 Å². The number of amides is 1. The zero-order valence-electron chi connectivity index (χ0n) is 11.1. The molecule has 0 aliphatic heterocycles. The SMILES string of the molecule is Nc1ccc(CC(=O)NCc2cn(CC(=O)O)nn2)nc1. The van der Waals surface area contributed by atoms with Gasteiger partial charge in [0.15, 0.2) is 0 Å². The van der Waals surface area contributed by atoms with Gasteiger partial charge in [-0.1, -0.05) is 5.21 Å². The zero-order chi connectivity index (χ0) is 15.2. The Kier molecular flexibility index (Phi) is 4.44. The Labute approximate surface area is 119 Å². The Bertz CT molecular complexity index is 637. The summed E-state index contributed by atoms with van der Waals surface area (Å²) in [4.78, 5) is 26.2. The van der Waals surface area contributed by atoms with E-state index in [1.807, 2.05) is 0 Å². The van der Waals surface area contributed by atoms with E-state index in [-0.39, 0.29) is 25.4 Å². The minimum absolute atomic E-state index is 0.129. The van der Waals surface area contributed by atoms with Crippen molar-refractivity contribution in [3.8, 4) is 0 Å². The van der Waals surface area contributed by atoms with Crippen LogP contribution in [0.3, 0.4) is 0 Å². The molecule has 2 aromatic rings. The van der Waals surface area contributed by atoms with Crippen LogP contribution in [0.5, 0.6) is 0 Å². The van der Waals surface area contributed by atoms with Crippen LogP contribution >= 0.6 is 0 Å². The van der Waals surface area contributed by atoms with E-state index in [9.17, 15) is 9.59 Å². The van der Waals surface area contributed by atoms with Crippen molar-refractivity contribution in [2.24, 2.45) is 0 Å². The van der Waals surface area contributed by atoms with Crippen molar-refractivity contribution >= 4 is 17.6 Å². The molecule has 0 bridgehead atoms. The van der Waals surface area contributed by atoms with Crippen LogP contribution in [0.4, 0.5) is 5.69 Å². The third-order valence-corrected chi connectivity index (χ3v) is 2.54. The molecular formula is C12H14N6O3. The van der Waals surface area contributed by atoms with Gasteiger partial charge in [0.25, 0.3) is 0 Å². The van der Waals surface area contributed by atoms with Crippen LogP contribution in [0.2, 0.25) is 0 Å². The summed E-state index contributed by atoms with van der Waals surface area (Å²) in [5.74, 6) is -1.23. The van der Waals surface area contributed by atoms with Crippen molar-refractivity contribution in [1.29, 1.82) is 0 Å². The summed E-state index contributed by atoms with van der Waals surface area (Å²) in [5.41, 5.74) is 7.13. The highest BCUT2D eigenvalue weighted by Gasteiger charge is 2.07. The molecule has 2 rings (SSSR count). The Morgan fingerprint density at radius 3 is 2.81 bits per heavy atom. The van der Waals surface area contributed by atoms with Crippen molar-refractivity contribution in [3.63, 3.8) is 0 Å².